The molecule has 2 rings (SSSR count). The van der Waals surface area contributed by atoms with E-state index in [0.29, 0.717) is 15.9 Å². The SMILES string of the molecule is Nc1cc(Cl)ccc1Sc1ncco1. The number of oxazole rings is 1. The molecule has 0 saturated carbocycles. The van der Waals surface area contributed by atoms with Crippen LogP contribution in [-0.4, -0.2) is 4.98 Å². The van der Waals surface area contributed by atoms with Crippen LogP contribution in [0.2, 0.25) is 5.02 Å². The Morgan fingerprint density at radius 2 is 2.29 bits per heavy atom. The quantitative estimate of drug-likeness (QED) is 0.800. The number of aromatic nitrogens is 1. The zero-order chi connectivity index (χ0) is 9.97. The van der Waals surface area contributed by atoms with Crippen LogP contribution in [0.1, 0.15) is 0 Å². The second kappa shape index (κ2) is 3.94. The molecule has 0 fully saturated rings. The van der Waals surface area contributed by atoms with Crippen LogP contribution >= 0.6 is 23.4 Å². The third kappa shape index (κ3) is 2.02. The van der Waals surface area contributed by atoms with Crippen LogP contribution in [0.4, 0.5) is 5.69 Å². The minimum absolute atomic E-state index is 0.569. The van der Waals surface area contributed by atoms with Gasteiger partial charge in [0.1, 0.15) is 6.26 Å². The molecule has 0 amide bonds. The third-order valence-corrected chi connectivity index (χ3v) is 2.78. The van der Waals surface area contributed by atoms with Crippen LogP contribution in [0.3, 0.4) is 0 Å². The number of hydrogen-bond acceptors (Lipinski definition) is 4. The minimum Gasteiger partial charge on any atom is -0.440 e. The smallest absolute Gasteiger partial charge is 0.260 e. The zero-order valence-electron chi connectivity index (χ0n) is 7.11. The number of hydrogen-bond donors (Lipinski definition) is 1. The summed E-state index contributed by atoms with van der Waals surface area (Å²) in [5.74, 6) is 0. The molecule has 0 saturated heterocycles. The van der Waals surface area contributed by atoms with Crippen LogP contribution in [0.15, 0.2) is 45.2 Å². The maximum Gasteiger partial charge on any atom is 0.260 e. The summed E-state index contributed by atoms with van der Waals surface area (Å²) in [6.45, 7) is 0. The van der Waals surface area contributed by atoms with Crippen molar-refractivity contribution in [3.63, 3.8) is 0 Å². The molecule has 14 heavy (non-hydrogen) atoms. The number of nitrogens with two attached hydrogens (primary N) is 1. The van der Waals surface area contributed by atoms with Gasteiger partial charge < -0.3 is 10.2 Å². The highest BCUT2D eigenvalue weighted by Gasteiger charge is 2.05. The first-order valence-electron chi connectivity index (χ1n) is 3.88. The first kappa shape index (κ1) is 9.43. The highest BCUT2D eigenvalue weighted by atomic mass is 35.5. The van der Waals surface area contributed by atoms with E-state index in [2.05, 4.69) is 4.98 Å². The fraction of sp³-hybridized carbons (Fsp3) is 0. The summed E-state index contributed by atoms with van der Waals surface area (Å²) < 4.78 is 5.09. The summed E-state index contributed by atoms with van der Waals surface area (Å²) in [4.78, 5) is 4.87. The van der Waals surface area contributed by atoms with Gasteiger partial charge in [0, 0.05) is 15.6 Å². The molecule has 0 unspecified atom stereocenters. The monoisotopic (exact) mass is 226 g/mol. The standard InChI is InChI=1S/C9H7ClN2OS/c10-6-1-2-8(7(11)5-6)14-9-12-3-4-13-9/h1-5H,11H2. The molecule has 2 N–H and O–H groups in total. The molecule has 3 nitrogen and oxygen atoms in total. The van der Waals surface area contributed by atoms with Gasteiger partial charge in [-0.05, 0) is 30.0 Å². The molecule has 72 valence electrons. The topological polar surface area (TPSA) is 52.0 Å². The molecule has 1 heterocycles. The first-order valence-corrected chi connectivity index (χ1v) is 5.07. The van der Waals surface area contributed by atoms with E-state index in [0.717, 1.165) is 4.90 Å². The van der Waals surface area contributed by atoms with Crippen molar-refractivity contribution in [3.8, 4) is 0 Å². The van der Waals surface area contributed by atoms with Crippen molar-refractivity contribution in [2.75, 3.05) is 5.73 Å². The lowest BCUT2D eigenvalue weighted by molar-refractivity contribution is 0.454. The van der Waals surface area contributed by atoms with Crippen molar-refractivity contribution in [2.45, 2.75) is 10.1 Å². The first-order chi connectivity index (χ1) is 6.75. The van der Waals surface area contributed by atoms with Gasteiger partial charge in [-0.1, -0.05) is 11.6 Å². The average molecular weight is 227 g/mol. The van der Waals surface area contributed by atoms with Crippen LogP contribution in [0, 0.1) is 0 Å². The summed E-state index contributed by atoms with van der Waals surface area (Å²) in [7, 11) is 0. The number of nitrogen functional groups attached to an aromatic ring is 1. The van der Waals surface area contributed by atoms with E-state index < -0.39 is 0 Å². The van der Waals surface area contributed by atoms with Crippen molar-refractivity contribution in [1.29, 1.82) is 0 Å². The highest BCUT2D eigenvalue weighted by Crippen LogP contribution is 2.32. The Labute approximate surface area is 90.3 Å². The molecule has 2 aromatic rings. The van der Waals surface area contributed by atoms with Crippen molar-refractivity contribution in [2.24, 2.45) is 0 Å². The largest absolute Gasteiger partial charge is 0.440 e. The van der Waals surface area contributed by atoms with Crippen molar-refractivity contribution in [3.05, 3.63) is 35.7 Å². The van der Waals surface area contributed by atoms with Crippen LogP contribution in [0.5, 0.6) is 0 Å². The van der Waals surface area contributed by atoms with E-state index in [4.69, 9.17) is 21.8 Å². The molecule has 0 aliphatic carbocycles. The number of halogens is 1. The second-order valence-electron chi connectivity index (χ2n) is 2.58. The summed E-state index contributed by atoms with van der Waals surface area (Å²) >= 11 is 7.14. The van der Waals surface area contributed by atoms with E-state index in [-0.39, 0.29) is 0 Å². The molecule has 5 heteroatoms. The lowest BCUT2D eigenvalue weighted by Crippen LogP contribution is -1.87. The van der Waals surface area contributed by atoms with E-state index >= 15 is 0 Å². The van der Waals surface area contributed by atoms with Gasteiger partial charge in [-0.25, -0.2) is 4.98 Å². The molecule has 1 aromatic carbocycles. The van der Waals surface area contributed by atoms with E-state index in [1.54, 1.807) is 18.3 Å². The van der Waals surface area contributed by atoms with Crippen molar-refractivity contribution >= 4 is 29.1 Å². The summed E-state index contributed by atoms with van der Waals surface area (Å²) in [6.07, 6.45) is 3.11. The highest BCUT2D eigenvalue weighted by molar-refractivity contribution is 7.99. The maximum atomic E-state index is 5.77. The van der Waals surface area contributed by atoms with E-state index in [1.807, 2.05) is 6.07 Å². The van der Waals surface area contributed by atoms with Crippen molar-refractivity contribution in [1.82, 2.24) is 4.98 Å². The van der Waals surface area contributed by atoms with Gasteiger partial charge in [-0.15, -0.1) is 0 Å². The Kier molecular flexibility index (Phi) is 2.65. The predicted molar refractivity (Wildman–Crippen MR) is 56.5 cm³/mol. The number of anilines is 1. The molecule has 0 atom stereocenters. The molecule has 0 aliphatic rings. The number of rotatable bonds is 2. The minimum atomic E-state index is 0.569. The lowest BCUT2D eigenvalue weighted by atomic mass is 10.3. The Hall–Kier alpha value is -1.13. The molecular weight excluding hydrogens is 220 g/mol. The lowest BCUT2D eigenvalue weighted by Gasteiger charge is -2.01. The molecular formula is C9H7ClN2OS. The Morgan fingerprint density at radius 3 is 2.93 bits per heavy atom. The summed E-state index contributed by atoms with van der Waals surface area (Å²) in [6, 6.07) is 5.32. The fourth-order valence-corrected chi connectivity index (χ4v) is 1.87. The van der Waals surface area contributed by atoms with Gasteiger partial charge in [0.25, 0.3) is 5.22 Å². The van der Waals surface area contributed by atoms with Gasteiger partial charge in [0.05, 0.1) is 6.20 Å². The Balaban J connectivity index is 2.25. The maximum absolute atomic E-state index is 5.77. The van der Waals surface area contributed by atoms with Gasteiger partial charge in [0.15, 0.2) is 0 Å². The number of nitrogens with zero attached hydrogens (tertiary/aromatic N) is 1. The summed E-state index contributed by atoms with van der Waals surface area (Å²) in [5, 5.41) is 1.19. The Morgan fingerprint density at radius 1 is 1.43 bits per heavy atom. The van der Waals surface area contributed by atoms with Crippen LogP contribution in [-0.2, 0) is 0 Å². The molecule has 0 spiro atoms. The van der Waals surface area contributed by atoms with Crippen LogP contribution < -0.4 is 5.73 Å². The zero-order valence-corrected chi connectivity index (χ0v) is 8.68. The molecule has 0 radical (unpaired) electrons. The normalized spacial score (nSPS) is 10.4. The second-order valence-corrected chi connectivity index (χ2v) is 4.01. The Bertz CT molecular complexity index is 430. The van der Waals surface area contributed by atoms with Gasteiger partial charge in [-0.2, -0.15) is 0 Å². The molecule has 0 aliphatic heterocycles. The van der Waals surface area contributed by atoms with E-state index in [1.165, 1.54) is 18.0 Å². The third-order valence-electron chi connectivity index (χ3n) is 1.58. The van der Waals surface area contributed by atoms with Gasteiger partial charge in [0.2, 0.25) is 0 Å². The van der Waals surface area contributed by atoms with Gasteiger partial charge in [-0.3, -0.25) is 0 Å². The van der Waals surface area contributed by atoms with Gasteiger partial charge >= 0.3 is 0 Å². The predicted octanol–water partition coefficient (Wildman–Crippen LogP) is 3.06. The van der Waals surface area contributed by atoms with E-state index in [9.17, 15) is 0 Å². The fourth-order valence-electron chi connectivity index (χ4n) is 0.967. The molecule has 1 aromatic heterocycles. The molecule has 0 bridgehead atoms. The van der Waals surface area contributed by atoms with Crippen molar-refractivity contribution < 1.29 is 4.42 Å². The number of benzene rings is 1. The average Bonchev–Trinajstić information content (AvgIpc) is 2.62. The van der Waals surface area contributed by atoms with Crippen LogP contribution in [0.25, 0.3) is 0 Å². The summed E-state index contributed by atoms with van der Waals surface area (Å²) in [5.41, 5.74) is 6.39.